The van der Waals surface area contributed by atoms with Crippen LogP contribution in [0.2, 0.25) is 0 Å². The number of nitrogens with one attached hydrogen (secondary N) is 1. The van der Waals surface area contributed by atoms with Gasteiger partial charge in [-0.25, -0.2) is 4.98 Å². The van der Waals surface area contributed by atoms with Crippen LogP contribution in [0.5, 0.6) is 5.75 Å². The molecule has 2 aromatic carbocycles. The number of aromatic nitrogens is 2. The van der Waals surface area contributed by atoms with E-state index in [1.54, 1.807) is 7.11 Å². The first kappa shape index (κ1) is 18.1. The molecule has 0 atom stereocenters. The molecule has 1 N–H and O–H groups in total. The van der Waals surface area contributed by atoms with Crippen molar-refractivity contribution in [3.63, 3.8) is 0 Å². The number of piperazine rings is 1. The number of hydrogen-bond acceptors (Lipinski definition) is 6. The van der Waals surface area contributed by atoms with E-state index in [1.165, 1.54) is 11.3 Å². The highest BCUT2D eigenvalue weighted by Gasteiger charge is 2.19. The molecule has 144 valence electrons. The first-order valence-electron chi connectivity index (χ1n) is 9.56. The van der Waals surface area contributed by atoms with Gasteiger partial charge in [-0.2, -0.15) is 4.98 Å². The van der Waals surface area contributed by atoms with Crippen molar-refractivity contribution >= 4 is 17.5 Å². The number of para-hydroxylation sites is 1. The molecule has 1 saturated heterocycles. The molecule has 6 nitrogen and oxygen atoms in total. The van der Waals surface area contributed by atoms with Crippen molar-refractivity contribution in [3.8, 4) is 5.75 Å². The van der Waals surface area contributed by atoms with Gasteiger partial charge in [-0.15, -0.1) is 0 Å². The van der Waals surface area contributed by atoms with Crippen LogP contribution >= 0.6 is 0 Å². The van der Waals surface area contributed by atoms with Crippen LogP contribution in [0.15, 0.2) is 66.9 Å². The van der Waals surface area contributed by atoms with Crippen LogP contribution in [0.3, 0.4) is 0 Å². The fourth-order valence-electron chi connectivity index (χ4n) is 3.34. The van der Waals surface area contributed by atoms with Gasteiger partial charge in [-0.05, 0) is 35.9 Å². The van der Waals surface area contributed by atoms with Crippen LogP contribution in [-0.4, -0.2) is 43.3 Å². The molecule has 0 spiro atoms. The lowest BCUT2D eigenvalue weighted by Crippen LogP contribution is -2.47. The van der Waals surface area contributed by atoms with Crippen LogP contribution in [-0.2, 0) is 6.54 Å². The topological polar surface area (TPSA) is 53.5 Å². The molecule has 1 aliphatic rings. The molecule has 3 aromatic rings. The second kappa shape index (κ2) is 8.61. The quantitative estimate of drug-likeness (QED) is 0.712. The van der Waals surface area contributed by atoms with Crippen LogP contribution in [0.4, 0.5) is 17.5 Å². The van der Waals surface area contributed by atoms with Crippen LogP contribution in [0, 0.1) is 0 Å². The average molecular weight is 375 g/mol. The Hall–Kier alpha value is -3.28. The van der Waals surface area contributed by atoms with E-state index in [1.807, 2.05) is 24.4 Å². The standard InChI is InChI=1S/C22H25N5O/c1-28-20-9-7-18(8-10-20)17-24-21-11-12-23-22(25-21)27-15-13-26(14-16-27)19-5-3-2-4-6-19/h2-12H,13-17H2,1H3,(H,23,24,25). The maximum absolute atomic E-state index is 5.20. The Balaban J connectivity index is 1.34. The summed E-state index contributed by atoms with van der Waals surface area (Å²) in [5.41, 5.74) is 2.45. The number of hydrogen-bond donors (Lipinski definition) is 1. The molecule has 0 radical (unpaired) electrons. The number of benzene rings is 2. The molecule has 0 aliphatic carbocycles. The summed E-state index contributed by atoms with van der Waals surface area (Å²) in [6.45, 7) is 4.48. The highest BCUT2D eigenvalue weighted by Crippen LogP contribution is 2.19. The monoisotopic (exact) mass is 375 g/mol. The number of methoxy groups -OCH3 is 1. The number of ether oxygens (including phenoxy) is 1. The Morgan fingerprint density at radius 1 is 0.893 bits per heavy atom. The van der Waals surface area contributed by atoms with Gasteiger partial charge in [0.05, 0.1) is 7.11 Å². The lowest BCUT2D eigenvalue weighted by molar-refractivity contribution is 0.414. The summed E-state index contributed by atoms with van der Waals surface area (Å²) in [4.78, 5) is 13.8. The molecule has 0 amide bonds. The first-order valence-corrected chi connectivity index (χ1v) is 9.56. The van der Waals surface area contributed by atoms with Gasteiger partial charge < -0.3 is 19.9 Å². The fourth-order valence-corrected chi connectivity index (χ4v) is 3.34. The zero-order valence-electron chi connectivity index (χ0n) is 16.1. The summed E-state index contributed by atoms with van der Waals surface area (Å²) in [5, 5.41) is 3.38. The van der Waals surface area contributed by atoms with E-state index >= 15 is 0 Å². The highest BCUT2D eigenvalue weighted by molar-refractivity contribution is 5.49. The summed E-state index contributed by atoms with van der Waals surface area (Å²) >= 11 is 0. The molecule has 4 rings (SSSR count). The van der Waals surface area contributed by atoms with Gasteiger partial charge in [0.2, 0.25) is 5.95 Å². The van der Waals surface area contributed by atoms with Crippen LogP contribution < -0.4 is 19.9 Å². The third-order valence-electron chi connectivity index (χ3n) is 4.96. The predicted octanol–water partition coefficient (Wildman–Crippen LogP) is 3.42. The molecule has 28 heavy (non-hydrogen) atoms. The van der Waals surface area contributed by atoms with E-state index in [-0.39, 0.29) is 0 Å². The summed E-state index contributed by atoms with van der Waals surface area (Å²) in [6, 6.07) is 20.5. The fraction of sp³-hybridized carbons (Fsp3) is 0.273. The number of rotatable bonds is 6. The zero-order valence-corrected chi connectivity index (χ0v) is 16.1. The molecule has 0 saturated carbocycles. The third kappa shape index (κ3) is 4.34. The van der Waals surface area contributed by atoms with Crippen LogP contribution in [0.25, 0.3) is 0 Å². The van der Waals surface area contributed by atoms with Gasteiger partial charge in [-0.1, -0.05) is 30.3 Å². The Morgan fingerprint density at radius 2 is 1.61 bits per heavy atom. The minimum absolute atomic E-state index is 0.711. The van der Waals surface area contributed by atoms with E-state index in [0.717, 1.165) is 43.7 Å². The van der Waals surface area contributed by atoms with Crippen molar-refractivity contribution < 1.29 is 4.74 Å². The van der Waals surface area contributed by atoms with Gasteiger partial charge in [-0.3, -0.25) is 0 Å². The lowest BCUT2D eigenvalue weighted by atomic mass is 10.2. The van der Waals surface area contributed by atoms with Crippen molar-refractivity contribution in [3.05, 3.63) is 72.4 Å². The van der Waals surface area contributed by atoms with Crippen molar-refractivity contribution in [2.24, 2.45) is 0 Å². The second-order valence-corrected chi connectivity index (χ2v) is 6.75. The van der Waals surface area contributed by atoms with E-state index < -0.39 is 0 Å². The highest BCUT2D eigenvalue weighted by atomic mass is 16.5. The SMILES string of the molecule is COc1ccc(CNc2ccnc(N3CCN(c4ccccc4)CC3)n2)cc1. The lowest BCUT2D eigenvalue weighted by Gasteiger charge is -2.36. The van der Waals surface area contributed by atoms with Crippen molar-refractivity contribution in [2.45, 2.75) is 6.54 Å². The molecule has 0 bridgehead atoms. The van der Waals surface area contributed by atoms with Gasteiger partial charge in [0.15, 0.2) is 0 Å². The van der Waals surface area contributed by atoms with Gasteiger partial charge in [0.1, 0.15) is 11.6 Å². The van der Waals surface area contributed by atoms with E-state index in [2.05, 4.69) is 62.6 Å². The summed E-state index contributed by atoms with van der Waals surface area (Å²) < 4.78 is 5.20. The molecular weight excluding hydrogens is 350 g/mol. The Bertz CT molecular complexity index is 877. The van der Waals surface area contributed by atoms with E-state index in [9.17, 15) is 0 Å². The number of nitrogens with zero attached hydrogens (tertiary/aromatic N) is 4. The van der Waals surface area contributed by atoms with Crippen molar-refractivity contribution in [2.75, 3.05) is 48.4 Å². The van der Waals surface area contributed by atoms with Crippen molar-refractivity contribution in [1.29, 1.82) is 0 Å². The van der Waals surface area contributed by atoms with Gasteiger partial charge in [0, 0.05) is 44.6 Å². The maximum Gasteiger partial charge on any atom is 0.227 e. The Kier molecular flexibility index (Phi) is 5.56. The van der Waals surface area contributed by atoms with Gasteiger partial charge >= 0.3 is 0 Å². The summed E-state index contributed by atoms with van der Waals surface area (Å²) in [6.07, 6.45) is 1.82. The first-order chi connectivity index (χ1) is 13.8. The molecule has 0 unspecified atom stereocenters. The average Bonchev–Trinajstić information content (AvgIpc) is 2.79. The predicted molar refractivity (Wildman–Crippen MR) is 113 cm³/mol. The smallest absolute Gasteiger partial charge is 0.227 e. The normalized spacial score (nSPS) is 14.0. The summed E-state index contributed by atoms with van der Waals surface area (Å²) in [7, 11) is 1.68. The molecule has 6 heteroatoms. The van der Waals surface area contributed by atoms with E-state index in [0.29, 0.717) is 6.54 Å². The van der Waals surface area contributed by atoms with Crippen LogP contribution in [0.1, 0.15) is 5.56 Å². The minimum Gasteiger partial charge on any atom is -0.497 e. The largest absolute Gasteiger partial charge is 0.497 e. The summed E-state index contributed by atoms with van der Waals surface area (Å²) in [5.74, 6) is 2.49. The minimum atomic E-state index is 0.711. The molecule has 1 fully saturated rings. The van der Waals surface area contributed by atoms with Gasteiger partial charge in [0.25, 0.3) is 0 Å². The second-order valence-electron chi connectivity index (χ2n) is 6.75. The molecule has 1 aromatic heterocycles. The Morgan fingerprint density at radius 3 is 2.32 bits per heavy atom. The molecular formula is C22H25N5O. The molecule has 2 heterocycles. The van der Waals surface area contributed by atoms with E-state index in [4.69, 9.17) is 9.72 Å². The third-order valence-corrected chi connectivity index (χ3v) is 4.96. The zero-order chi connectivity index (χ0) is 19.2. The number of anilines is 3. The molecule has 1 aliphatic heterocycles. The van der Waals surface area contributed by atoms with Crippen molar-refractivity contribution in [1.82, 2.24) is 9.97 Å². The maximum atomic E-state index is 5.20. The Labute approximate surface area is 165 Å².